The zero-order valence-electron chi connectivity index (χ0n) is 15.4. The Balaban J connectivity index is 1.54. The van der Waals surface area contributed by atoms with E-state index in [0.717, 1.165) is 44.2 Å². The van der Waals surface area contributed by atoms with Gasteiger partial charge in [-0.2, -0.15) is 0 Å². The molecule has 0 aliphatic carbocycles. The Morgan fingerprint density at radius 1 is 1.27 bits per heavy atom. The number of fused-ring (bicyclic) bond motifs is 1. The van der Waals surface area contributed by atoms with Crippen LogP contribution in [-0.4, -0.2) is 54.7 Å². The molecule has 3 heterocycles. The monoisotopic (exact) mass is 371 g/mol. The average molecular weight is 372 g/mol. The SMILES string of the molecule is Cc1ncccc1-c1ccc2c(c1)N(CCN1CCOCC1C)OCS2. The van der Waals surface area contributed by atoms with Crippen LogP contribution in [0.1, 0.15) is 12.6 Å². The molecule has 2 aromatic rings. The van der Waals surface area contributed by atoms with E-state index in [1.807, 2.05) is 12.3 Å². The van der Waals surface area contributed by atoms with Crippen molar-refractivity contribution in [1.29, 1.82) is 0 Å². The average Bonchev–Trinajstić information content (AvgIpc) is 2.67. The summed E-state index contributed by atoms with van der Waals surface area (Å²) in [6.07, 6.45) is 1.84. The molecule has 138 valence electrons. The molecule has 1 atom stereocenters. The fourth-order valence-corrected chi connectivity index (χ4v) is 4.29. The second-order valence-corrected chi connectivity index (χ2v) is 7.74. The van der Waals surface area contributed by atoms with E-state index in [4.69, 9.17) is 9.57 Å². The summed E-state index contributed by atoms with van der Waals surface area (Å²) in [5.74, 6) is 0.664. The van der Waals surface area contributed by atoms with Gasteiger partial charge in [-0.3, -0.25) is 19.8 Å². The van der Waals surface area contributed by atoms with Crippen molar-refractivity contribution in [2.45, 2.75) is 24.8 Å². The van der Waals surface area contributed by atoms with Gasteiger partial charge in [0.25, 0.3) is 0 Å². The predicted octanol–water partition coefficient (Wildman–Crippen LogP) is 3.58. The summed E-state index contributed by atoms with van der Waals surface area (Å²) in [5.41, 5.74) is 4.56. The number of aromatic nitrogens is 1. The number of hydrogen-bond acceptors (Lipinski definition) is 6. The molecule has 0 N–H and O–H groups in total. The van der Waals surface area contributed by atoms with Crippen molar-refractivity contribution in [2.24, 2.45) is 0 Å². The molecule has 2 aliphatic rings. The molecule has 6 heteroatoms. The number of ether oxygens (including phenoxy) is 1. The van der Waals surface area contributed by atoms with Crippen molar-refractivity contribution in [2.75, 3.05) is 43.9 Å². The van der Waals surface area contributed by atoms with Crippen LogP contribution in [0.25, 0.3) is 11.1 Å². The van der Waals surface area contributed by atoms with Crippen LogP contribution in [0.2, 0.25) is 0 Å². The molecule has 1 aromatic carbocycles. The van der Waals surface area contributed by atoms with E-state index in [2.05, 4.69) is 53.1 Å². The van der Waals surface area contributed by atoms with Crippen LogP contribution in [0.3, 0.4) is 0 Å². The van der Waals surface area contributed by atoms with E-state index >= 15 is 0 Å². The second kappa shape index (κ2) is 7.96. The summed E-state index contributed by atoms with van der Waals surface area (Å²) in [6.45, 7) is 8.74. The summed E-state index contributed by atoms with van der Waals surface area (Å²) in [4.78, 5) is 14.1. The van der Waals surface area contributed by atoms with Gasteiger partial charge in [0.15, 0.2) is 0 Å². The van der Waals surface area contributed by atoms with Crippen molar-refractivity contribution in [1.82, 2.24) is 9.88 Å². The fourth-order valence-electron chi connectivity index (χ4n) is 3.51. The molecule has 1 aromatic heterocycles. The lowest BCUT2D eigenvalue weighted by molar-refractivity contribution is -0.00241. The molecule has 1 saturated heterocycles. The van der Waals surface area contributed by atoms with E-state index in [9.17, 15) is 0 Å². The Morgan fingerprint density at radius 2 is 2.19 bits per heavy atom. The first-order chi connectivity index (χ1) is 12.7. The van der Waals surface area contributed by atoms with Crippen LogP contribution >= 0.6 is 11.8 Å². The maximum absolute atomic E-state index is 5.97. The zero-order valence-corrected chi connectivity index (χ0v) is 16.2. The Bertz CT molecular complexity index is 770. The van der Waals surface area contributed by atoms with E-state index in [1.165, 1.54) is 16.0 Å². The van der Waals surface area contributed by atoms with Crippen LogP contribution in [0, 0.1) is 6.92 Å². The highest BCUT2D eigenvalue weighted by atomic mass is 32.2. The lowest BCUT2D eigenvalue weighted by Crippen LogP contribution is -2.47. The number of pyridine rings is 1. The van der Waals surface area contributed by atoms with Gasteiger partial charge in [0, 0.05) is 41.5 Å². The minimum Gasteiger partial charge on any atom is -0.379 e. The molecular weight excluding hydrogens is 346 g/mol. The Kier molecular flexibility index (Phi) is 5.45. The summed E-state index contributed by atoms with van der Waals surface area (Å²) >= 11 is 1.75. The van der Waals surface area contributed by atoms with E-state index < -0.39 is 0 Å². The van der Waals surface area contributed by atoms with Crippen molar-refractivity contribution >= 4 is 17.4 Å². The van der Waals surface area contributed by atoms with Crippen LogP contribution < -0.4 is 5.06 Å². The summed E-state index contributed by atoms with van der Waals surface area (Å²) in [7, 11) is 0. The Labute approximate surface area is 159 Å². The van der Waals surface area contributed by atoms with Gasteiger partial charge < -0.3 is 4.74 Å². The molecule has 0 bridgehead atoms. The first kappa shape index (κ1) is 17.8. The molecule has 0 spiro atoms. The summed E-state index contributed by atoms with van der Waals surface area (Å²) in [6, 6.07) is 11.2. The van der Waals surface area contributed by atoms with Crippen LogP contribution in [0.4, 0.5) is 5.69 Å². The lowest BCUT2D eigenvalue weighted by Gasteiger charge is -2.36. The van der Waals surface area contributed by atoms with Crippen LogP contribution in [0.5, 0.6) is 0 Å². The van der Waals surface area contributed by atoms with Crippen molar-refractivity contribution in [3.63, 3.8) is 0 Å². The number of anilines is 1. The molecule has 4 rings (SSSR count). The number of aryl methyl sites for hydroxylation is 1. The number of morpholine rings is 1. The van der Waals surface area contributed by atoms with Gasteiger partial charge in [0.1, 0.15) is 5.94 Å². The van der Waals surface area contributed by atoms with Gasteiger partial charge in [-0.1, -0.05) is 23.9 Å². The third-order valence-corrected chi connectivity index (χ3v) is 5.94. The van der Waals surface area contributed by atoms with Crippen LogP contribution in [0.15, 0.2) is 41.4 Å². The molecular formula is C20H25N3O2S. The van der Waals surface area contributed by atoms with E-state index in [0.29, 0.717) is 12.0 Å². The van der Waals surface area contributed by atoms with Gasteiger partial charge in [-0.15, -0.1) is 0 Å². The van der Waals surface area contributed by atoms with Gasteiger partial charge in [-0.05, 0) is 37.6 Å². The molecule has 5 nitrogen and oxygen atoms in total. The minimum atomic E-state index is 0.465. The number of hydroxylamine groups is 1. The van der Waals surface area contributed by atoms with Crippen molar-refractivity contribution < 1.29 is 9.57 Å². The number of thioether (sulfide) groups is 1. The van der Waals surface area contributed by atoms with Gasteiger partial charge >= 0.3 is 0 Å². The Hall–Kier alpha value is -1.60. The van der Waals surface area contributed by atoms with E-state index in [1.54, 1.807) is 11.8 Å². The molecule has 0 radical (unpaired) electrons. The maximum atomic E-state index is 5.97. The zero-order chi connectivity index (χ0) is 17.9. The van der Waals surface area contributed by atoms with Gasteiger partial charge in [-0.25, -0.2) is 0 Å². The summed E-state index contributed by atoms with van der Waals surface area (Å²) in [5, 5.41) is 2.06. The topological polar surface area (TPSA) is 37.8 Å². The molecule has 1 fully saturated rings. The highest BCUT2D eigenvalue weighted by Gasteiger charge is 2.23. The molecule has 26 heavy (non-hydrogen) atoms. The number of nitrogens with zero attached hydrogens (tertiary/aromatic N) is 3. The minimum absolute atomic E-state index is 0.465. The first-order valence-corrected chi connectivity index (χ1v) is 10.1. The molecule has 0 amide bonds. The quantitative estimate of drug-likeness (QED) is 0.818. The largest absolute Gasteiger partial charge is 0.379 e. The van der Waals surface area contributed by atoms with Crippen LogP contribution in [-0.2, 0) is 9.57 Å². The summed E-state index contributed by atoms with van der Waals surface area (Å²) < 4.78 is 5.54. The third kappa shape index (κ3) is 3.74. The molecule has 0 saturated carbocycles. The predicted molar refractivity (Wildman–Crippen MR) is 105 cm³/mol. The first-order valence-electron chi connectivity index (χ1n) is 9.13. The highest BCUT2D eigenvalue weighted by molar-refractivity contribution is 7.99. The Morgan fingerprint density at radius 3 is 3.04 bits per heavy atom. The number of hydrogen-bond donors (Lipinski definition) is 0. The number of benzene rings is 1. The maximum Gasteiger partial charge on any atom is 0.125 e. The van der Waals surface area contributed by atoms with Crippen molar-refractivity contribution in [3.8, 4) is 11.1 Å². The molecule has 1 unspecified atom stereocenters. The second-order valence-electron chi connectivity index (χ2n) is 6.77. The molecule has 2 aliphatic heterocycles. The number of rotatable bonds is 4. The normalized spacial score (nSPS) is 20.8. The highest BCUT2D eigenvalue weighted by Crippen LogP contribution is 2.38. The fraction of sp³-hybridized carbons (Fsp3) is 0.450. The van der Waals surface area contributed by atoms with Gasteiger partial charge in [0.05, 0.1) is 25.4 Å². The third-order valence-electron chi connectivity index (χ3n) is 5.06. The van der Waals surface area contributed by atoms with Gasteiger partial charge in [0.2, 0.25) is 0 Å². The smallest absolute Gasteiger partial charge is 0.125 e. The van der Waals surface area contributed by atoms with Crippen molar-refractivity contribution in [3.05, 3.63) is 42.2 Å². The standard InChI is InChI=1S/C20H25N3O2S/c1-15-13-24-11-10-22(15)8-9-23-19-12-17(5-6-20(19)26-14-25-23)18-4-3-7-21-16(18)2/h3-7,12,15H,8-11,13-14H2,1-2H3. The lowest BCUT2D eigenvalue weighted by atomic mass is 10.0. The van der Waals surface area contributed by atoms with E-state index in [-0.39, 0.29) is 0 Å².